The van der Waals surface area contributed by atoms with Gasteiger partial charge in [-0.25, -0.2) is 8.42 Å². The molecule has 0 aliphatic heterocycles. The van der Waals surface area contributed by atoms with Crippen LogP contribution in [0.5, 0.6) is 5.75 Å². The molecule has 25 heavy (non-hydrogen) atoms. The van der Waals surface area contributed by atoms with Crippen molar-refractivity contribution in [3.8, 4) is 5.75 Å². The van der Waals surface area contributed by atoms with Gasteiger partial charge in [0.2, 0.25) is 9.84 Å². The Bertz CT molecular complexity index is 986. The molecule has 0 spiro atoms. The van der Waals surface area contributed by atoms with Gasteiger partial charge in [-0.2, -0.15) is 8.42 Å². The number of benzene rings is 2. The summed E-state index contributed by atoms with van der Waals surface area (Å²) in [5.41, 5.74) is 0.138. The minimum absolute atomic E-state index is 0.0575. The number of nitrogens with zero attached hydrogens (tertiary/aromatic N) is 3. The second-order valence-electron chi connectivity index (χ2n) is 5.00. The SMILES string of the molecule is CN(C)N=Nc1ccc(S(=O)(=O)c2ccccc2)c(OS(=O)(=O)O)c1. The molecule has 0 aliphatic carbocycles. The Labute approximate surface area is 145 Å². The van der Waals surface area contributed by atoms with E-state index in [9.17, 15) is 16.8 Å². The van der Waals surface area contributed by atoms with Crippen molar-refractivity contribution in [2.75, 3.05) is 14.1 Å². The molecule has 1 N–H and O–H groups in total. The van der Waals surface area contributed by atoms with Crippen molar-refractivity contribution in [3.05, 3.63) is 48.5 Å². The van der Waals surface area contributed by atoms with Gasteiger partial charge in [0.25, 0.3) is 0 Å². The zero-order valence-corrected chi connectivity index (χ0v) is 14.9. The van der Waals surface area contributed by atoms with Gasteiger partial charge in [0.05, 0.1) is 10.6 Å². The van der Waals surface area contributed by atoms with E-state index in [1.807, 2.05) is 0 Å². The predicted octanol–water partition coefficient (Wildman–Crippen LogP) is 2.26. The monoisotopic (exact) mass is 385 g/mol. The van der Waals surface area contributed by atoms with E-state index in [1.165, 1.54) is 35.3 Å². The lowest BCUT2D eigenvalue weighted by molar-refractivity contribution is 0.383. The van der Waals surface area contributed by atoms with Gasteiger partial charge >= 0.3 is 10.4 Å². The van der Waals surface area contributed by atoms with E-state index in [0.29, 0.717) is 0 Å². The Morgan fingerprint density at radius 2 is 1.64 bits per heavy atom. The molecule has 0 atom stereocenters. The van der Waals surface area contributed by atoms with Gasteiger partial charge in [-0.1, -0.05) is 23.4 Å². The van der Waals surface area contributed by atoms with Gasteiger partial charge < -0.3 is 4.18 Å². The second kappa shape index (κ2) is 7.17. The van der Waals surface area contributed by atoms with Gasteiger partial charge in [0.1, 0.15) is 4.90 Å². The molecule has 0 radical (unpaired) electrons. The van der Waals surface area contributed by atoms with E-state index in [4.69, 9.17) is 4.55 Å². The van der Waals surface area contributed by atoms with Crippen molar-refractivity contribution in [1.29, 1.82) is 0 Å². The Morgan fingerprint density at radius 3 is 2.20 bits per heavy atom. The minimum atomic E-state index is -4.94. The van der Waals surface area contributed by atoms with Crippen molar-refractivity contribution < 1.29 is 25.6 Å². The van der Waals surface area contributed by atoms with Gasteiger partial charge in [-0.15, -0.1) is 5.11 Å². The molecular weight excluding hydrogens is 370 g/mol. The summed E-state index contributed by atoms with van der Waals surface area (Å²) < 4.78 is 60.9. The molecule has 134 valence electrons. The highest BCUT2D eigenvalue weighted by Crippen LogP contribution is 2.33. The van der Waals surface area contributed by atoms with Crippen molar-refractivity contribution in [2.45, 2.75) is 9.79 Å². The summed E-state index contributed by atoms with van der Waals surface area (Å²) >= 11 is 0. The normalized spacial score (nSPS) is 12.3. The number of hydrogen-bond donors (Lipinski definition) is 1. The van der Waals surface area contributed by atoms with E-state index < -0.39 is 30.9 Å². The van der Waals surface area contributed by atoms with Crippen molar-refractivity contribution in [1.82, 2.24) is 5.01 Å². The third-order valence-electron chi connectivity index (χ3n) is 2.80. The summed E-state index contributed by atoms with van der Waals surface area (Å²) in [5, 5.41) is 8.90. The molecule has 0 aliphatic rings. The Hall–Kier alpha value is -2.50. The lowest BCUT2D eigenvalue weighted by atomic mass is 10.3. The molecule has 0 bridgehead atoms. The van der Waals surface area contributed by atoms with E-state index in [-0.39, 0.29) is 10.6 Å². The van der Waals surface area contributed by atoms with Crippen LogP contribution >= 0.6 is 0 Å². The summed E-state index contributed by atoms with van der Waals surface area (Å²) in [6, 6.07) is 10.9. The topological polar surface area (TPSA) is 126 Å². The summed E-state index contributed by atoms with van der Waals surface area (Å²) in [5.74, 6) is -0.582. The molecule has 0 saturated carbocycles. The average Bonchev–Trinajstić information content (AvgIpc) is 2.52. The van der Waals surface area contributed by atoms with Crippen LogP contribution in [0.1, 0.15) is 0 Å². The van der Waals surface area contributed by atoms with Crippen molar-refractivity contribution in [2.24, 2.45) is 10.3 Å². The molecular formula is C14H15N3O6S2. The molecule has 0 fully saturated rings. The highest BCUT2D eigenvalue weighted by molar-refractivity contribution is 7.91. The van der Waals surface area contributed by atoms with Crippen LogP contribution in [0.4, 0.5) is 5.69 Å². The Morgan fingerprint density at radius 1 is 1.00 bits per heavy atom. The number of rotatable bonds is 6. The van der Waals surface area contributed by atoms with Gasteiger partial charge in [-0.3, -0.25) is 9.56 Å². The highest BCUT2D eigenvalue weighted by atomic mass is 32.3. The van der Waals surface area contributed by atoms with Crippen LogP contribution in [0.2, 0.25) is 0 Å². The van der Waals surface area contributed by atoms with E-state index in [2.05, 4.69) is 14.5 Å². The minimum Gasteiger partial charge on any atom is -0.360 e. The zero-order chi connectivity index (χ0) is 18.7. The van der Waals surface area contributed by atoms with Gasteiger partial charge in [-0.05, 0) is 24.3 Å². The highest BCUT2D eigenvalue weighted by Gasteiger charge is 2.25. The summed E-state index contributed by atoms with van der Waals surface area (Å²) in [7, 11) is -5.77. The first-order valence-electron chi connectivity index (χ1n) is 6.80. The molecule has 0 saturated heterocycles. The van der Waals surface area contributed by atoms with Crippen molar-refractivity contribution >= 4 is 25.9 Å². The smallest absolute Gasteiger partial charge is 0.360 e. The summed E-state index contributed by atoms with van der Waals surface area (Å²) in [6.07, 6.45) is 0. The molecule has 0 aromatic heterocycles. The third-order valence-corrected chi connectivity index (χ3v) is 5.00. The van der Waals surface area contributed by atoms with E-state index >= 15 is 0 Å². The maximum Gasteiger partial charge on any atom is 0.446 e. The number of hydrogen-bond acceptors (Lipinski definition) is 7. The first-order chi connectivity index (χ1) is 11.6. The van der Waals surface area contributed by atoms with Crippen LogP contribution in [0.3, 0.4) is 0 Å². The van der Waals surface area contributed by atoms with Crippen LogP contribution in [-0.2, 0) is 20.2 Å². The molecule has 0 heterocycles. The lowest BCUT2D eigenvalue weighted by Crippen LogP contribution is -2.11. The predicted molar refractivity (Wildman–Crippen MR) is 88.7 cm³/mol. The molecule has 0 amide bonds. The van der Waals surface area contributed by atoms with E-state index in [0.717, 1.165) is 12.1 Å². The van der Waals surface area contributed by atoms with E-state index in [1.54, 1.807) is 20.2 Å². The second-order valence-corrected chi connectivity index (χ2v) is 7.94. The zero-order valence-electron chi connectivity index (χ0n) is 13.3. The lowest BCUT2D eigenvalue weighted by Gasteiger charge is -2.10. The average molecular weight is 385 g/mol. The molecule has 2 aromatic carbocycles. The first kappa shape index (κ1) is 18.8. The molecule has 0 unspecified atom stereocenters. The van der Waals surface area contributed by atoms with Gasteiger partial charge in [0, 0.05) is 20.2 Å². The van der Waals surface area contributed by atoms with Gasteiger partial charge in [0.15, 0.2) is 5.75 Å². The maximum atomic E-state index is 12.7. The van der Waals surface area contributed by atoms with Crippen LogP contribution in [0, 0.1) is 0 Å². The van der Waals surface area contributed by atoms with Crippen LogP contribution in [-0.4, -0.2) is 40.5 Å². The van der Waals surface area contributed by atoms with Crippen LogP contribution in [0.25, 0.3) is 0 Å². The largest absolute Gasteiger partial charge is 0.446 e. The molecule has 2 aromatic rings. The number of sulfone groups is 1. The van der Waals surface area contributed by atoms with Crippen LogP contribution < -0.4 is 4.18 Å². The quantitative estimate of drug-likeness (QED) is 0.459. The molecule has 11 heteroatoms. The Balaban J connectivity index is 2.61. The maximum absolute atomic E-state index is 12.7. The fourth-order valence-corrected chi connectivity index (χ4v) is 3.63. The third kappa shape index (κ3) is 4.98. The molecule has 2 rings (SSSR count). The van der Waals surface area contributed by atoms with Crippen molar-refractivity contribution in [3.63, 3.8) is 0 Å². The standard InChI is InChI=1S/C14H15N3O6S2/c1-17(2)16-15-11-8-9-14(13(10-11)23-25(20,21)22)24(18,19)12-6-4-3-5-7-12/h3-10H,1-2H3,(H,20,21,22). The fourth-order valence-electron chi connectivity index (χ4n) is 1.83. The first-order valence-corrected chi connectivity index (χ1v) is 9.64. The summed E-state index contributed by atoms with van der Waals surface area (Å²) in [6.45, 7) is 0. The Kier molecular flexibility index (Phi) is 5.40. The molecule has 9 nitrogen and oxygen atoms in total. The summed E-state index contributed by atoms with van der Waals surface area (Å²) in [4.78, 5) is -0.488. The fraction of sp³-hybridized carbons (Fsp3) is 0.143. The van der Waals surface area contributed by atoms with Crippen LogP contribution in [0.15, 0.2) is 68.7 Å².